The summed E-state index contributed by atoms with van der Waals surface area (Å²) in [5, 5.41) is 6.57. The summed E-state index contributed by atoms with van der Waals surface area (Å²) >= 11 is 0. The Kier molecular flexibility index (Phi) is 6.65. The number of hydrogen-bond acceptors (Lipinski definition) is 5. The van der Waals surface area contributed by atoms with Gasteiger partial charge in [-0.25, -0.2) is 0 Å². The predicted molar refractivity (Wildman–Crippen MR) is 116 cm³/mol. The second-order valence-corrected chi connectivity index (χ2v) is 9.16. The number of carbonyl (C=O) groups is 3. The summed E-state index contributed by atoms with van der Waals surface area (Å²) < 4.78 is 0. The number of carbonyl (C=O) groups excluding carboxylic acids is 3. The minimum Gasteiger partial charge on any atom is -0.373 e. The Hall–Kier alpha value is -2.61. The number of benzene rings is 1. The molecule has 0 aromatic heterocycles. The van der Waals surface area contributed by atoms with Gasteiger partial charge < -0.3 is 26.2 Å². The number of anilines is 1. The summed E-state index contributed by atoms with van der Waals surface area (Å²) in [4.78, 5) is 41.4. The van der Waals surface area contributed by atoms with Crippen LogP contribution in [0.2, 0.25) is 0 Å². The maximum atomic E-state index is 13.4. The lowest BCUT2D eigenvalue weighted by atomic mass is 9.85. The minimum atomic E-state index is -0.554. The molecular formula is C22H33N5O3. The number of nitrogens with zero attached hydrogens (tertiary/aromatic N) is 2. The summed E-state index contributed by atoms with van der Waals surface area (Å²) in [6, 6.07) is 6.17. The molecule has 2 aliphatic heterocycles. The number of piperazine rings is 1. The third-order valence-electron chi connectivity index (χ3n) is 5.80. The summed E-state index contributed by atoms with van der Waals surface area (Å²) in [7, 11) is 0. The highest BCUT2D eigenvalue weighted by Gasteiger charge is 2.40. The van der Waals surface area contributed by atoms with E-state index in [9.17, 15) is 14.4 Å². The van der Waals surface area contributed by atoms with Crippen molar-refractivity contribution in [3.05, 3.63) is 29.8 Å². The lowest BCUT2D eigenvalue weighted by Gasteiger charge is -2.35. The van der Waals surface area contributed by atoms with Crippen molar-refractivity contribution in [1.82, 2.24) is 15.1 Å². The van der Waals surface area contributed by atoms with Gasteiger partial charge in [0, 0.05) is 44.0 Å². The lowest BCUT2D eigenvalue weighted by molar-refractivity contribution is -0.139. The average molecular weight is 416 g/mol. The SMILES string of the molecule is CC(C)(C)[C@H](Nc1cccc(C(=O)N2CCNCC2)c1)C(=O)N1CCC[C@H]1C(N)=O. The van der Waals surface area contributed by atoms with Crippen LogP contribution in [0.4, 0.5) is 5.69 Å². The van der Waals surface area contributed by atoms with Gasteiger partial charge in [-0.15, -0.1) is 0 Å². The van der Waals surface area contributed by atoms with Gasteiger partial charge in [-0.1, -0.05) is 26.8 Å². The zero-order valence-corrected chi connectivity index (χ0v) is 18.1. The van der Waals surface area contributed by atoms with Crippen LogP contribution in [0, 0.1) is 5.41 Å². The molecule has 2 fully saturated rings. The summed E-state index contributed by atoms with van der Waals surface area (Å²) in [5.41, 5.74) is 6.41. The highest BCUT2D eigenvalue weighted by atomic mass is 16.2. The van der Waals surface area contributed by atoms with Crippen molar-refractivity contribution in [2.75, 3.05) is 38.0 Å². The fourth-order valence-corrected chi connectivity index (χ4v) is 4.10. The zero-order valence-electron chi connectivity index (χ0n) is 18.1. The van der Waals surface area contributed by atoms with E-state index in [0.717, 1.165) is 19.5 Å². The molecule has 30 heavy (non-hydrogen) atoms. The topological polar surface area (TPSA) is 108 Å². The van der Waals surface area contributed by atoms with Crippen molar-refractivity contribution in [2.24, 2.45) is 11.1 Å². The van der Waals surface area contributed by atoms with Crippen LogP contribution in [0.3, 0.4) is 0 Å². The average Bonchev–Trinajstić information content (AvgIpc) is 3.21. The first kappa shape index (κ1) is 22.1. The van der Waals surface area contributed by atoms with E-state index in [1.807, 2.05) is 37.8 Å². The van der Waals surface area contributed by atoms with E-state index in [-0.39, 0.29) is 11.8 Å². The molecule has 0 spiro atoms. The monoisotopic (exact) mass is 415 g/mol. The number of primary amides is 1. The quantitative estimate of drug-likeness (QED) is 0.666. The molecule has 4 N–H and O–H groups in total. The molecule has 1 aromatic rings. The van der Waals surface area contributed by atoms with Crippen LogP contribution in [0.25, 0.3) is 0 Å². The van der Waals surface area contributed by atoms with Crippen molar-refractivity contribution in [2.45, 2.75) is 45.7 Å². The van der Waals surface area contributed by atoms with Crippen molar-refractivity contribution in [3.8, 4) is 0 Å². The van der Waals surface area contributed by atoms with E-state index < -0.39 is 23.4 Å². The van der Waals surface area contributed by atoms with E-state index in [4.69, 9.17) is 5.73 Å². The van der Waals surface area contributed by atoms with Gasteiger partial charge in [0.25, 0.3) is 5.91 Å². The fraction of sp³-hybridized carbons (Fsp3) is 0.591. The van der Waals surface area contributed by atoms with Crippen molar-refractivity contribution < 1.29 is 14.4 Å². The van der Waals surface area contributed by atoms with E-state index >= 15 is 0 Å². The Morgan fingerprint density at radius 2 is 1.87 bits per heavy atom. The van der Waals surface area contributed by atoms with Gasteiger partial charge in [0.05, 0.1) is 0 Å². The molecule has 2 aliphatic rings. The number of hydrogen-bond donors (Lipinski definition) is 3. The van der Waals surface area contributed by atoms with Crippen molar-refractivity contribution in [1.29, 1.82) is 0 Å². The molecule has 2 heterocycles. The van der Waals surface area contributed by atoms with E-state index in [2.05, 4.69) is 10.6 Å². The van der Waals surface area contributed by atoms with Crippen LogP contribution in [0.1, 0.15) is 44.0 Å². The summed E-state index contributed by atoms with van der Waals surface area (Å²) in [6.07, 6.45) is 1.37. The fourth-order valence-electron chi connectivity index (χ4n) is 4.10. The van der Waals surface area contributed by atoms with E-state index in [1.165, 1.54) is 0 Å². The second-order valence-electron chi connectivity index (χ2n) is 9.16. The molecule has 1 aromatic carbocycles. The third kappa shape index (κ3) is 4.92. The third-order valence-corrected chi connectivity index (χ3v) is 5.80. The van der Waals surface area contributed by atoms with E-state index in [1.54, 1.807) is 17.0 Å². The Balaban J connectivity index is 1.79. The molecule has 0 saturated carbocycles. The largest absolute Gasteiger partial charge is 0.373 e. The molecule has 164 valence electrons. The number of likely N-dealkylation sites (tertiary alicyclic amines) is 1. The Morgan fingerprint density at radius 1 is 1.17 bits per heavy atom. The molecule has 0 radical (unpaired) electrons. The Bertz CT molecular complexity index is 798. The smallest absolute Gasteiger partial charge is 0.254 e. The van der Waals surface area contributed by atoms with Crippen molar-refractivity contribution >= 4 is 23.4 Å². The molecule has 0 aliphatic carbocycles. The van der Waals surface area contributed by atoms with Gasteiger partial charge in [-0.05, 0) is 36.5 Å². The zero-order chi connectivity index (χ0) is 21.9. The van der Waals surface area contributed by atoms with Gasteiger partial charge in [0.15, 0.2) is 0 Å². The first-order chi connectivity index (χ1) is 14.2. The number of amides is 3. The molecule has 8 heteroatoms. The van der Waals surface area contributed by atoms with Gasteiger partial charge in [0.2, 0.25) is 11.8 Å². The Labute approximate surface area is 178 Å². The standard InChI is InChI=1S/C22H33N5O3/c1-22(2,3)18(21(30)27-11-5-8-17(27)19(23)28)25-16-7-4-6-15(14-16)20(29)26-12-9-24-10-13-26/h4,6-7,14,17-18,24-25H,5,8-13H2,1-3H3,(H2,23,28)/t17-,18+/m0/s1. The van der Waals surface area contributed by atoms with Crippen LogP contribution in [-0.4, -0.2) is 72.3 Å². The normalized spacial score (nSPS) is 20.7. The number of rotatable bonds is 5. The van der Waals surface area contributed by atoms with Gasteiger partial charge in [-0.3, -0.25) is 14.4 Å². The summed E-state index contributed by atoms with van der Waals surface area (Å²) in [5.74, 6) is -0.605. The predicted octanol–water partition coefficient (Wildman–Crippen LogP) is 1.03. The van der Waals surface area contributed by atoms with Gasteiger partial charge in [-0.2, -0.15) is 0 Å². The highest BCUT2D eigenvalue weighted by molar-refractivity contribution is 5.96. The molecule has 8 nitrogen and oxygen atoms in total. The molecule has 2 atom stereocenters. The number of nitrogens with two attached hydrogens (primary N) is 1. The molecule has 0 bridgehead atoms. The van der Waals surface area contributed by atoms with Gasteiger partial charge in [0.1, 0.15) is 12.1 Å². The first-order valence-corrected chi connectivity index (χ1v) is 10.6. The number of nitrogens with one attached hydrogen (secondary N) is 2. The maximum absolute atomic E-state index is 13.4. The van der Waals surface area contributed by atoms with Crippen LogP contribution >= 0.6 is 0 Å². The lowest BCUT2D eigenvalue weighted by Crippen LogP contribution is -2.53. The van der Waals surface area contributed by atoms with Crippen LogP contribution in [0.5, 0.6) is 0 Å². The second kappa shape index (κ2) is 9.04. The van der Waals surface area contributed by atoms with Crippen molar-refractivity contribution in [3.63, 3.8) is 0 Å². The minimum absolute atomic E-state index is 0.00730. The molecule has 0 unspecified atom stereocenters. The van der Waals surface area contributed by atoms with Gasteiger partial charge >= 0.3 is 0 Å². The maximum Gasteiger partial charge on any atom is 0.254 e. The van der Waals surface area contributed by atoms with E-state index in [0.29, 0.717) is 37.3 Å². The molecule has 2 saturated heterocycles. The first-order valence-electron chi connectivity index (χ1n) is 10.6. The van der Waals surface area contributed by atoms with Crippen LogP contribution in [0.15, 0.2) is 24.3 Å². The van der Waals surface area contributed by atoms with Crippen LogP contribution < -0.4 is 16.4 Å². The molecular weight excluding hydrogens is 382 g/mol. The molecule has 3 amide bonds. The Morgan fingerprint density at radius 3 is 2.50 bits per heavy atom. The molecule has 3 rings (SSSR count). The van der Waals surface area contributed by atoms with Crippen LogP contribution in [-0.2, 0) is 9.59 Å². The highest BCUT2D eigenvalue weighted by Crippen LogP contribution is 2.28. The summed E-state index contributed by atoms with van der Waals surface area (Å²) in [6.45, 7) is 9.42.